The Kier molecular flexibility index (Phi) is 4.38. The average Bonchev–Trinajstić information content (AvgIpc) is 2.46. The molecule has 0 unspecified atom stereocenters. The Labute approximate surface area is 121 Å². The van der Waals surface area contributed by atoms with Gasteiger partial charge >= 0.3 is 0 Å². The second-order valence-corrected chi connectivity index (χ2v) is 4.55. The minimum Gasteiger partial charge on any atom is -0.485 e. The summed E-state index contributed by atoms with van der Waals surface area (Å²) < 4.78 is 5.35. The van der Waals surface area contributed by atoms with Gasteiger partial charge in [-0.1, -0.05) is 17.7 Å². The van der Waals surface area contributed by atoms with Gasteiger partial charge in [-0.15, -0.1) is 0 Å². The highest BCUT2D eigenvalue weighted by molar-refractivity contribution is 6.30. The number of rotatable bonds is 5. The first-order chi connectivity index (χ1) is 9.56. The summed E-state index contributed by atoms with van der Waals surface area (Å²) in [5.41, 5.74) is 6.02. The molecule has 0 bridgehead atoms. The van der Waals surface area contributed by atoms with Crippen LogP contribution >= 0.6 is 11.6 Å². The molecule has 0 radical (unpaired) electrons. The van der Waals surface area contributed by atoms with Crippen molar-refractivity contribution in [3.8, 4) is 5.75 Å². The molecule has 20 heavy (non-hydrogen) atoms. The fourth-order valence-electron chi connectivity index (χ4n) is 1.61. The van der Waals surface area contributed by atoms with Crippen molar-refractivity contribution < 1.29 is 14.3 Å². The molecule has 0 saturated carbocycles. The van der Waals surface area contributed by atoms with Gasteiger partial charge in [-0.3, -0.25) is 9.59 Å². The molecule has 5 heteroatoms. The summed E-state index contributed by atoms with van der Waals surface area (Å²) in [4.78, 5) is 22.9. The minimum atomic E-state index is -0.542. The van der Waals surface area contributed by atoms with Gasteiger partial charge in [-0.25, -0.2) is 0 Å². The van der Waals surface area contributed by atoms with Gasteiger partial charge in [-0.05, 0) is 42.5 Å². The monoisotopic (exact) mass is 289 g/mol. The van der Waals surface area contributed by atoms with E-state index in [9.17, 15) is 9.59 Å². The van der Waals surface area contributed by atoms with Gasteiger partial charge in [0.15, 0.2) is 12.4 Å². The Morgan fingerprint density at radius 1 is 1.05 bits per heavy atom. The van der Waals surface area contributed by atoms with Crippen molar-refractivity contribution in [2.45, 2.75) is 0 Å². The third kappa shape index (κ3) is 3.59. The van der Waals surface area contributed by atoms with Crippen LogP contribution in [0.15, 0.2) is 48.5 Å². The van der Waals surface area contributed by atoms with E-state index >= 15 is 0 Å². The number of ketones is 1. The first-order valence-corrected chi connectivity index (χ1v) is 6.25. The SMILES string of the molecule is NC(=O)c1cccc(OCC(=O)c2ccc(Cl)cc2)c1. The van der Waals surface area contributed by atoms with Crippen LogP contribution in [0.25, 0.3) is 0 Å². The molecule has 0 fully saturated rings. The first-order valence-electron chi connectivity index (χ1n) is 5.87. The average molecular weight is 290 g/mol. The maximum atomic E-state index is 11.9. The van der Waals surface area contributed by atoms with Gasteiger partial charge in [0.25, 0.3) is 0 Å². The van der Waals surface area contributed by atoms with Gasteiger partial charge < -0.3 is 10.5 Å². The number of hydrogen-bond donors (Lipinski definition) is 1. The predicted molar refractivity (Wildman–Crippen MR) is 76.2 cm³/mol. The standard InChI is InChI=1S/C15H12ClNO3/c16-12-6-4-10(5-7-12)14(18)9-20-13-3-1-2-11(8-13)15(17)19/h1-8H,9H2,(H2,17,19). The summed E-state index contributed by atoms with van der Waals surface area (Å²) in [6.45, 7) is -0.121. The van der Waals surface area contributed by atoms with Crippen LogP contribution in [0, 0.1) is 0 Å². The normalized spacial score (nSPS) is 10.1. The van der Waals surface area contributed by atoms with Crippen molar-refractivity contribution in [3.63, 3.8) is 0 Å². The molecule has 0 saturated heterocycles. The van der Waals surface area contributed by atoms with Gasteiger partial charge in [0, 0.05) is 16.1 Å². The van der Waals surface area contributed by atoms with E-state index in [4.69, 9.17) is 22.1 Å². The van der Waals surface area contributed by atoms with Crippen LogP contribution in [0.5, 0.6) is 5.75 Å². The molecule has 2 rings (SSSR count). The molecule has 0 atom stereocenters. The zero-order valence-electron chi connectivity index (χ0n) is 10.5. The summed E-state index contributed by atoms with van der Waals surface area (Å²) >= 11 is 5.75. The van der Waals surface area contributed by atoms with Crippen molar-refractivity contribution in [3.05, 3.63) is 64.7 Å². The van der Waals surface area contributed by atoms with E-state index in [1.165, 1.54) is 6.07 Å². The summed E-state index contributed by atoms with van der Waals surface area (Å²) in [7, 11) is 0. The first kappa shape index (κ1) is 14.1. The van der Waals surface area contributed by atoms with Crippen molar-refractivity contribution in [2.24, 2.45) is 5.73 Å². The number of Topliss-reactive ketones (excluding diaryl/α,β-unsaturated/α-hetero) is 1. The van der Waals surface area contributed by atoms with E-state index in [1.54, 1.807) is 42.5 Å². The van der Waals surface area contributed by atoms with E-state index < -0.39 is 5.91 Å². The zero-order valence-corrected chi connectivity index (χ0v) is 11.3. The molecule has 0 aliphatic rings. The maximum absolute atomic E-state index is 11.9. The van der Waals surface area contributed by atoms with E-state index in [1.807, 2.05) is 0 Å². The molecular formula is C15H12ClNO3. The minimum absolute atomic E-state index is 0.121. The fraction of sp³-hybridized carbons (Fsp3) is 0.0667. The molecular weight excluding hydrogens is 278 g/mol. The lowest BCUT2D eigenvalue weighted by Crippen LogP contribution is -2.13. The van der Waals surface area contributed by atoms with Crippen LogP contribution in [0.1, 0.15) is 20.7 Å². The number of halogens is 1. The number of nitrogens with two attached hydrogens (primary N) is 1. The van der Waals surface area contributed by atoms with Crippen LogP contribution in [0.3, 0.4) is 0 Å². The highest BCUT2D eigenvalue weighted by Crippen LogP contribution is 2.14. The molecule has 0 aliphatic heterocycles. The second kappa shape index (κ2) is 6.21. The Hall–Kier alpha value is -2.33. The van der Waals surface area contributed by atoms with Crippen molar-refractivity contribution in [2.75, 3.05) is 6.61 Å². The molecule has 1 amide bonds. The van der Waals surface area contributed by atoms with Gasteiger partial charge in [0.05, 0.1) is 0 Å². The van der Waals surface area contributed by atoms with Crippen LogP contribution in [0.2, 0.25) is 5.02 Å². The van der Waals surface area contributed by atoms with Crippen molar-refractivity contribution >= 4 is 23.3 Å². The summed E-state index contributed by atoms with van der Waals surface area (Å²) in [5.74, 6) is -0.297. The lowest BCUT2D eigenvalue weighted by molar-refractivity contribution is 0.0921. The predicted octanol–water partition coefficient (Wildman–Crippen LogP) is 2.70. The Morgan fingerprint density at radius 3 is 2.40 bits per heavy atom. The van der Waals surface area contributed by atoms with Crippen LogP contribution in [-0.4, -0.2) is 18.3 Å². The Morgan fingerprint density at radius 2 is 1.75 bits per heavy atom. The van der Waals surface area contributed by atoms with E-state index in [-0.39, 0.29) is 12.4 Å². The lowest BCUT2D eigenvalue weighted by Gasteiger charge is -2.06. The zero-order chi connectivity index (χ0) is 14.5. The summed E-state index contributed by atoms with van der Waals surface area (Å²) in [6.07, 6.45) is 0. The molecule has 2 aromatic carbocycles. The molecule has 4 nitrogen and oxygen atoms in total. The maximum Gasteiger partial charge on any atom is 0.248 e. The van der Waals surface area contributed by atoms with Gasteiger partial charge in [0.2, 0.25) is 5.91 Å². The quantitative estimate of drug-likeness (QED) is 0.860. The topological polar surface area (TPSA) is 69.4 Å². The van der Waals surface area contributed by atoms with Crippen molar-refractivity contribution in [1.29, 1.82) is 0 Å². The molecule has 102 valence electrons. The number of carbonyl (C=O) groups excluding carboxylic acids is 2. The molecule has 2 aromatic rings. The number of primary amides is 1. The summed E-state index contributed by atoms with van der Waals surface area (Å²) in [5, 5.41) is 0.566. The number of amides is 1. The number of hydrogen-bond acceptors (Lipinski definition) is 3. The number of carbonyl (C=O) groups is 2. The third-order valence-corrected chi connectivity index (χ3v) is 2.91. The molecule has 0 aliphatic carbocycles. The van der Waals surface area contributed by atoms with E-state index in [0.29, 0.717) is 21.9 Å². The highest BCUT2D eigenvalue weighted by Gasteiger charge is 2.08. The Balaban J connectivity index is 2.01. The summed E-state index contributed by atoms with van der Waals surface area (Å²) in [6, 6.07) is 12.9. The highest BCUT2D eigenvalue weighted by atomic mass is 35.5. The lowest BCUT2D eigenvalue weighted by atomic mass is 10.1. The largest absolute Gasteiger partial charge is 0.485 e. The molecule has 0 aromatic heterocycles. The molecule has 0 spiro atoms. The molecule has 0 heterocycles. The van der Waals surface area contributed by atoms with Gasteiger partial charge in [0.1, 0.15) is 5.75 Å². The van der Waals surface area contributed by atoms with E-state index in [0.717, 1.165) is 0 Å². The number of ether oxygens (including phenoxy) is 1. The van der Waals surface area contributed by atoms with E-state index in [2.05, 4.69) is 0 Å². The third-order valence-electron chi connectivity index (χ3n) is 2.65. The second-order valence-electron chi connectivity index (χ2n) is 4.11. The van der Waals surface area contributed by atoms with Crippen LogP contribution < -0.4 is 10.5 Å². The van der Waals surface area contributed by atoms with Crippen LogP contribution in [0.4, 0.5) is 0 Å². The smallest absolute Gasteiger partial charge is 0.248 e. The van der Waals surface area contributed by atoms with Crippen molar-refractivity contribution in [1.82, 2.24) is 0 Å². The fourth-order valence-corrected chi connectivity index (χ4v) is 1.73. The van der Waals surface area contributed by atoms with Gasteiger partial charge in [-0.2, -0.15) is 0 Å². The Bertz CT molecular complexity index is 638. The van der Waals surface area contributed by atoms with Crippen LogP contribution in [-0.2, 0) is 0 Å². The number of benzene rings is 2. The molecule has 2 N–H and O–H groups in total.